The van der Waals surface area contributed by atoms with Crippen LogP contribution in [0.25, 0.3) is 0 Å². The molecule has 2 atom stereocenters. The zero-order valence-electron chi connectivity index (χ0n) is 9.90. The second-order valence-electron chi connectivity index (χ2n) is 4.42. The lowest BCUT2D eigenvalue weighted by atomic mass is 9.97. The van der Waals surface area contributed by atoms with Gasteiger partial charge in [-0.3, -0.25) is 9.59 Å². The molecule has 0 bridgehead atoms. The fourth-order valence-electron chi connectivity index (χ4n) is 2.08. The van der Waals surface area contributed by atoms with E-state index < -0.39 is 5.97 Å². The Labute approximate surface area is 95.8 Å². The minimum atomic E-state index is -0.793. The fraction of sp³-hybridized carbons (Fsp3) is 0.818. The molecule has 0 aromatic carbocycles. The summed E-state index contributed by atoms with van der Waals surface area (Å²) in [6, 6.07) is 0. The lowest BCUT2D eigenvalue weighted by Crippen LogP contribution is -2.45. The number of nitrogens with one attached hydrogen (secondary N) is 1. The molecule has 1 aliphatic rings. The van der Waals surface area contributed by atoms with Crippen LogP contribution in [0.5, 0.6) is 0 Å². The minimum Gasteiger partial charge on any atom is -0.481 e. The van der Waals surface area contributed by atoms with Crippen LogP contribution in [0, 0.1) is 11.8 Å². The number of carboxylic acids is 1. The summed E-state index contributed by atoms with van der Waals surface area (Å²) in [6.07, 6.45) is 1.47. The molecule has 1 fully saturated rings. The number of aliphatic carboxylic acids is 1. The zero-order chi connectivity index (χ0) is 12.1. The van der Waals surface area contributed by atoms with Gasteiger partial charge in [0, 0.05) is 25.6 Å². The van der Waals surface area contributed by atoms with Crippen LogP contribution < -0.4 is 5.32 Å². The zero-order valence-corrected chi connectivity index (χ0v) is 9.90. The second-order valence-corrected chi connectivity index (χ2v) is 4.42. The van der Waals surface area contributed by atoms with Crippen LogP contribution in [0.4, 0.5) is 0 Å². The van der Waals surface area contributed by atoms with Crippen LogP contribution in [-0.2, 0) is 9.59 Å². The number of amides is 1. The van der Waals surface area contributed by atoms with E-state index >= 15 is 0 Å². The predicted octanol–water partition coefficient (Wildman–Crippen LogP) is 0.165. The van der Waals surface area contributed by atoms with Crippen molar-refractivity contribution in [2.24, 2.45) is 11.8 Å². The fourth-order valence-corrected chi connectivity index (χ4v) is 2.08. The number of carboxylic acid groups (broad SMARTS) is 1. The van der Waals surface area contributed by atoms with Gasteiger partial charge in [0.1, 0.15) is 0 Å². The number of carbonyl (C=O) groups is 2. The molecular formula is C11H20N2O3. The molecule has 16 heavy (non-hydrogen) atoms. The van der Waals surface area contributed by atoms with Gasteiger partial charge in [-0.05, 0) is 19.9 Å². The molecule has 0 radical (unpaired) electrons. The molecule has 5 nitrogen and oxygen atoms in total. The second kappa shape index (κ2) is 5.84. The van der Waals surface area contributed by atoms with Crippen molar-refractivity contribution in [2.75, 3.05) is 26.7 Å². The third-order valence-electron chi connectivity index (χ3n) is 3.01. The summed E-state index contributed by atoms with van der Waals surface area (Å²) in [5, 5.41) is 11.9. The number of nitrogens with zero attached hydrogens (tertiary/aromatic N) is 1. The van der Waals surface area contributed by atoms with Crippen molar-refractivity contribution in [3.63, 3.8) is 0 Å². The van der Waals surface area contributed by atoms with Crippen LogP contribution in [-0.4, -0.2) is 48.6 Å². The number of carbonyl (C=O) groups excluding carboxylic acids is 1. The summed E-state index contributed by atoms with van der Waals surface area (Å²) in [4.78, 5) is 24.5. The largest absolute Gasteiger partial charge is 0.481 e. The molecule has 1 unspecified atom stereocenters. The molecular weight excluding hydrogens is 208 g/mol. The van der Waals surface area contributed by atoms with Crippen molar-refractivity contribution < 1.29 is 14.7 Å². The smallest absolute Gasteiger partial charge is 0.308 e. The number of piperidine rings is 1. The summed E-state index contributed by atoms with van der Waals surface area (Å²) in [5.41, 5.74) is 0. The van der Waals surface area contributed by atoms with E-state index in [0.717, 1.165) is 6.42 Å². The van der Waals surface area contributed by atoms with Crippen molar-refractivity contribution in [1.82, 2.24) is 10.2 Å². The summed E-state index contributed by atoms with van der Waals surface area (Å²) < 4.78 is 0. The van der Waals surface area contributed by atoms with Crippen molar-refractivity contribution in [3.05, 3.63) is 0 Å². The first-order valence-corrected chi connectivity index (χ1v) is 5.72. The van der Waals surface area contributed by atoms with Gasteiger partial charge in [-0.15, -0.1) is 0 Å². The third-order valence-corrected chi connectivity index (χ3v) is 3.01. The SMILES string of the molecule is CNCC(C)C(=O)N1CCC[C@H](C(=O)O)C1. The van der Waals surface area contributed by atoms with Crippen LogP contribution in [0.3, 0.4) is 0 Å². The van der Waals surface area contributed by atoms with E-state index in [-0.39, 0.29) is 17.7 Å². The van der Waals surface area contributed by atoms with E-state index in [1.165, 1.54) is 0 Å². The first-order chi connectivity index (χ1) is 7.56. The number of hydrogen-bond donors (Lipinski definition) is 2. The summed E-state index contributed by atoms with van der Waals surface area (Å²) in [5.74, 6) is -1.21. The lowest BCUT2D eigenvalue weighted by molar-refractivity contribution is -0.146. The van der Waals surface area contributed by atoms with Gasteiger partial charge in [0.25, 0.3) is 0 Å². The van der Waals surface area contributed by atoms with Gasteiger partial charge < -0.3 is 15.3 Å². The van der Waals surface area contributed by atoms with Gasteiger partial charge in [0.15, 0.2) is 0 Å². The van der Waals surface area contributed by atoms with E-state index in [2.05, 4.69) is 5.32 Å². The van der Waals surface area contributed by atoms with Gasteiger partial charge in [-0.1, -0.05) is 6.92 Å². The normalized spacial score (nSPS) is 22.9. The molecule has 92 valence electrons. The Balaban J connectivity index is 2.53. The average Bonchev–Trinajstić information content (AvgIpc) is 2.28. The van der Waals surface area contributed by atoms with Gasteiger partial charge in [-0.2, -0.15) is 0 Å². The van der Waals surface area contributed by atoms with Gasteiger partial charge in [-0.25, -0.2) is 0 Å². The summed E-state index contributed by atoms with van der Waals surface area (Å²) in [6.45, 7) is 3.55. The Morgan fingerprint density at radius 1 is 1.56 bits per heavy atom. The summed E-state index contributed by atoms with van der Waals surface area (Å²) in [7, 11) is 1.81. The molecule has 1 heterocycles. The maximum atomic E-state index is 11.9. The highest BCUT2D eigenvalue weighted by Crippen LogP contribution is 2.18. The Kier molecular flexibility index (Phi) is 4.73. The van der Waals surface area contributed by atoms with Crippen molar-refractivity contribution >= 4 is 11.9 Å². The van der Waals surface area contributed by atoms with Crippen LogP contribution in [0.15, 0.2) is 0 Å². The Hall–Kier alpha value is -1.10. The summed E-state index contributed by atoms with van der Waals surface area (Å²) >= 11 is 0. The molecule has 2 N–H and O–H groups in total. The molecule has 1 aliphatic heterocycles. The molecule has 1 saturated heterocycles. The van der Waals surface area contributed by atoms with Crippen LogP contribution in [0.2, 0.25) is 0 Å². The van der Waals surface area contributed by atoms with Crippen LogP contribution in [0.1, 0.15) is 19.8 Å². The minimum absolute atomic E-state index is 0.0558. The molecule has 5 heteroatoms. The monoisotopic (exact) mass is 228 g/mol. The maximum Gasteiger partial charge on any atom is 0.308 e. The van der Waals surface area contributed by atoms with E-state index in [1.54, 1.807) is 11.9 Å². The highest BCUT2D eigenvalue weighted by molar-refractivity contribution is 5.80. The molecule has 0 spiro atoms. The average molecular weight is 228 g/mol. The lowest BCUT2D eigenvalue weighted by Gasteiger charge is -2.32. The topological polar surface area (TPSA) is 69.6 Å². The first kappa shape index (κ1) is 13.0. The highest BCUT2D eigenvalue weighted by atomic mass is 16.4. The van der Waals surface area contributed by atoms with Gasteiger partial charge in [0.05, 0.1) is 5.92 Å². The van der Waals surface area contributed by atoms with E-state index in [9.17, 15) is 9.59 Å². The highest BCUT2D eigenvalue weighted by Gasteiger charge is 2.29. The standard InChI is InChI=1S/C11H20N2O3/c1-8(6-12-2)10(14)13-5-3-4-9(7-13)11(15)16/h8-9,12H,3-7H2,1-2H3,(H,15,16)/t8?,9-/m0/s1. The quantitative estimate of drug-likeness (QED) is 0.719. The van der Waals surface area contributed by atoms with Crippen LogP contribution >= 0.6 is 0 Å². The van der Waals surface area contributed by atoms with Gasteiger partial charge in [0.2, 0.25) is 5.91 Å². The number of rotatable bonds is 4. The Morgan fingerprint density at radius 3 is 2.81 bits per heavy atom. The first-order valence-electron chi connectivity index (χ1n) is 5.72. The number of hydrogen-bond acceptors (Lipinski definition) is 3. The van der Waals surface area contributed by atoms with Crippen molar-refractivity contribution in [3.8, 4) is 0 Å². The molecule has 0 aliphatic carbocycles. The van der Waals surface area contributed by atoms with Gasteiger partial charge >= 0.3 is 5.97 Å². The third kappa shape index (κ3) is 3.20. The Morgan fingerprint density at radius 2 is 2.25 bits per heavy atom. The molecule has 1 amide bonds. The number of likely N-dealkylation sites (tertiary alicyclic amines) is 1. The molecule has 0 aromatic rings. The maximum absolute atomic E-state index is 11.9. The van der Waals surface area contributed by atoms with Crippen molar-refractivity contribution in [2.45, 2.75) is 19.8 Å². The molecule has 0 saturated carbocycles. The predicted molar refractivity (Wildman–Crippen MR) is 60.0 cm³/mol. The van der Waals surface area contributed by atoms with E-state index in [0.29, 0.717) is 26.1 Å². The molecule has 0 aromatic heterocycles. The van der Waals surface area contributed by atoms with E-state index in [1.807, 2.05) is 6.92 Å². The molecule has 1 rings (SSSR count). The van der Waals surface area contributed by atoms with E-state index in [4.69, 9.17) is 5.11 Å². The Bertz CT molecular complexity index is 268. The van der Waals surface area contributed by atoms with Crippen molar-refractivity contribution in [1.29, 1.82) is 0 Å².